The number of amides is 2. The van der Waals surface area contributed by atoms with Crippen molar-refractivity contribution in [3.05, 3.63) is 50.2 Å². The third-order valence-corrected chi connectivity index (χ3v) is 7.89. The Balaban J connectivity index is 1.47. The molecule has 4 rings (SSSR count). The molecular weight excluding hydrogens is 418 g/mol. The van der Waals surface area contributed by atoms with E-state index >= 15 is 0 Å². The third kappa shape index (κ3) is 4.46. The summed E-state index contributed by atoms with van der Waals surface area (Å²) < 4.78 is 16.4. The first kappa shape index (κ1) is 21.5. The van der Waals surface area contributed by atoms with Gasteiger partial charge in [-0.25, -0.2) is 4.79 Å². The van der Waals surface area contributed by atoms with Crippen molar-refractivity contribution in [2.75, 3.05) is 5.32 Å². The topological polar surface area (TPSA) is 105 Å². The first-order chi connectivity index (χ1) is 14.2. The lowest BCUT2D eigenvalue weighted by Crippen LogP contribution is -2.24. The van der Waals surface area contributed by atoms with Gasteiger partial charge in [-0.2, -0.15) is 10.6 Å². The standard InChI is InChI=1S/C22H28N3O3S2/c1-22(2,27)15-10-16(29-12-15)11-19(23)30(28)25-21(26)24-20-17-7-3-5-13(17)9-14-6-4-8-18(14)20/h9-10,12,19,27H,3-8,11,23H2,1-2H3,(H,24,26)/q-1/t19-/m1/s1. The van der Waals surface area contributed by atoms with Crippen LogP contribution in [0.25, 0.3) is 0 Å². The largest absolute Gasteiger partial charge is 0.442 e. The molecule has 0 spiro atoms. The predicted octanol–water partition coefficient (Wildman–Crippen LogP) is 4.16. The number of benzene rings is 1. The number of carbonyl (C=O) groups excluding carboxylic acids is 1. The number of carbonyl (C=O) groups is 1. The molecule has 1 aromatic heterocycles. The second-order valence-corrected chi connectivity index (χ2v) is 11.0. The lowest BCUT2D eigenvalue weighted by Gasteiger charge is -2.17. The molecule has 1 atom stereocenters. The molecule has 2 aliphatic rings. The number of thiophene rings is 1. The van der Waals surface area contributed by atoms with E-state index in [9.17, 15) is 14.1 Å². The van der Waals surface area contributed by atoms with Gasteiger partial charge in [0.15, 0.2) is 0 Å². The van der Waals surface area contributed by atoms with Crippen molar-refractivity contribution in [2.24, 2.45) is 10.1 Å². The molecule has 4 N–H and O–H groups in total. The number of anilines is 1. The SMILES string of the molecule is CC(C)(O)c1csc(C[C@H](N)/[S-](=O)=N\C(=O)Nc2c3c(cc4c2CCC4)CCC3)c1. The minimum absolute atomic E-state index is 0.334. The number of hydrogen-bond donors (Lipinski definition) is 3. The molecule has 0 fully saturated rings. The maximum absolute atomic E-state index is 12.6. The molecule has 1 aromatic carbocycles. The van der Waals surface area contributed by atoms with E-state index in [0.29, 0.717) is 6.42 Å². The normalized spacial score (nSPS) is 17.6. The van der Waals surface area contributed by atoms with Crippen LogP contribution in [0.2, 0.25) is 0 Å². The Kier molecular flexibility index (Phi) is 6.03. The summed E-state index contributed by atoms with van der Waals surface area (Å²) >= 11 is 1.45. The Hall–Kier alpha value is -1.74. The monoisotopic (exact) mass is 446 g/mol. The Bertz CT molecular complexity index is 1030. The Labute approximate surface area is 183 Å². The van der Waals surface area contributed by atoms with Crippen LogP contribution >= 0.6 is 11.3 Å². The molecule has 8 heteroatoms. The van der Waals surface area contributed by atoms with Gasteiger partial charge in [0.05, 0.1) is 5.60 Å². The first-order valence-corrected chi connectivity index (χ1v) is 12.4. The Morgan fingerprint density at radius 2 is 1.87 bits per heavy atom. The number of nitrogens with one attached hydrogen (secondary N) is 1. The minimum Gasteiger partial charge on any atom is -0.442 e. The van der Waals surface area contributed by atoms with Gasteiger partial charge >= 0.3 is 6.03 Å². The first-order valence-electron chi connectivity index (χ1n) is 10.4. The predicted molar refractivity (Wildman–Crippen MR) is 121 cm³/mol. The van der Waals surface area contributed by atoms with Gasteiger partial charge in [0.1, 0.15) is 0 Å². The average Bonchev–Trinajstić information content (AvgIpc) is 3.40. The zero-order valence-electron chi connectivity index (χ0n) is 17.4. The molecule has 0 unspecified atom stereocenters. The maximum Gasteiger partial charge on any atom is 0.322 e. The van der Waals surface area contributed by atoms with Gasteiger partial charge in [0.25, 0.3) is 0 Å². The number of hydrogen-bond acceptors (Lipinski definition) is 6. The highest BCUT2D eigenvalue weighted by molar-refractivity contribution is 7.75. The zero-order chi connectivity index (χ0) is 21.5. The second-order valence-electron chi connectivity index (χ2n) is 8.63. The van der Waals surface area contributed by atoms with Crippen molar-refractivity contribution < 1.29 is 14.1 Å². The smallest absolute Gasteiger partial charge is 0.322 e. The number of nitrogens with two attached hydrogens (primary N) is 1. The van der Waals surface area contributed by atoms with E-state index < -0.39 is 27.6 Å². The summed E-state index contributed by atoms with van der Waals surface area (Å²) in [5.74, 6) is 0. The third-order valence-electron chi connectivity index (χ3n) is 5.90. The fraction of sp³-hybridized carbons (Fsp3) is 0.500. The van der Waals surface area contributed by atoms with Crippen molar-refractivity contribution in [3.63, 3.8) is 0 Å². The number of nitrogens with zero attached hydrogens (tertiary/aromatic N) is 1. The van der Waals surface area contributed by atoms with Crippen LogP contribution in [0.15, 0.2) is 21.9 Å². The van der Waals surface area contributed by atoms with E-state index in [4.69, 9.17) is 5.73 Å². The van der Waals surface area contributed by atoms with Crippen LogP contribution in [-0.2, 0) is 52.5 Å². The fourth-order valence-corrected chi connectivity index (χ4v) is 6.20. The molecule has 6 nitrogen and oxygen atoms in total. The van der Waals surface area contributed by atoms with E-state index in [2.05, 4.69) is 15.7 Å². The van der Waals surface area contributed by atoms with E-state index in [1.807, 2.05) is 11.4 Å². The molecule has 0 bridgehead atoms. The van der Waals surface area contributed by atoms with Gasteiger partial charge in [-0.15, -0.1) is 11.3 Å². The van der Waals surface area contributed by atoms with Crippen molar-refractivity contribution in [2.45, 2.75) is 69.8 Å². The maximum atomic E-state index is 12.6. The van der Waals surface area contributed by atoms with Crippen molar-refractivity contribution in [1.29, 1.82) is 0 Å². The van der Waals surface area contributed by atoms with Gasteiger partial charge in [0, 0.05) is 10.6 Å². The molecule has 2 amide bonds. The summed E-state index contributed by atoms with van der Waals surface area (Å²) in [7, 11) is -1.84. The second kappa shape index (κ2) is 8.42. The summed E-state index contributed by atoms with van der Waals surface area (Å²) in [4.78, 5) is 13.5. The summed E-state index contributed by atoms with van der Waals surface area (Å²) in [6.45, 7) is 3.43. The molecule has 0 aliphatic heterocycles. The van der Waals surface area contributed by atoms with Crippen molar-refractivity contribution in [1.82, 2.24) is 0 Å². The highest BCUT2D eigenvalue weighted by Gasteiger charge is 2.24. The van der Waals surface area contributed by atoms with Crippen LogP contribution in [0.1, 0.15) is 59.4 Å². The molecule has 2 aromatic rings. The number of fused-ring (bicyclic) bond motifs is 2. The van der Waals surface area contributed by atoms with E-state index in [0.717, 1.165) is 54.7 Å². The van der Waals surface area contributed by atoms with E-state index in [1.165, 1.54) is 33.6 Å². The van der Waals surface area contributed by atoms with E-state index in [-0.39, 0.29) is 0 Å². The van der Waals surface area contributed by atoms with Gasteiger partial charge in [-0.3, -0.25) is 0 Å². The zero-order valence-corrected chi connectivity index (χ0v) is 19.0. The molecule has 0 saturated heterocycles. The van der Waals surface area contributed by atoms with Crippen LogP contribution < -0.4 is 11.1 Å². The molecule has 0 saturated carbocycles. The number of urea groups is 1. The van der Waals surface area contributed by atoms with Crippen LogP contribution in [0.5, 0.6) is 0 Å². The van der Waals surface area contributed by atoms with Crippen LogP contribution in [0, 0.1) is 0 Å². The van der Waals surface area contributed by atoms with Crippen molar-refractivity contribution in [3.8, 4) is 0 Å². The molecule has 0 radical (unpaired) electrons. The summed E-state index contributed by atoms with van der Waals surface area (Å²) in [5, 5.41) is 14.1. The summed E-state index contributed by atoms with van der Waals surface area (Å²) in [6.07, 6.45) is 6.55. The molecular formula is C22H28N3O3S2-. The lowest BCUT2D eigenvalue weighted by atomic mass is 9.99. The minimum atomic E-state index is -1.84. The Morgan fingerprint density at radius 3 is 2.43 bits per heavy atom. The highest BCUT2D eigenvalue weighted by Crippen LogP contribution is 2.38. The van der Waals surface area contributed by atoms with Crippen molar-refractivity contribution >= 4 is 33.7 Å². The number of aliphatic hydroxyl groups is 1. The summed E-state index contributed by atoms with van der Waals surface area (Å²) in [6, 6.07) is 3.56. The lowest BCUT2D eigenvalue weighted by molar-refractivity contribution is 0.0790. The molecule has 2 aliphatic carbocycles. The number of rotatable bonds is 5. The van der Waals surface area contributed by atoms with Gasteiger partial charge < -0.3 is 24.7 Å². The van der Waals surface area contributed by atoms with Crippen LogP contribution in [0.4, 0.5) is 10.5 Å². The molecule has 1 heterocycles. The highest BCUT2D eigenvalue weighted by atomic mass is 32.2. The van der Waals surface area contributed by atoms with Gasteiger partial charge in [0.2, 0.25) is 0 Å². The quantitative estimate of drug-likeness (QED) is 0.600. The number of aryl methyl sites for hydroxylation is 2. The van der Waals surface area contributed by atoms with Gasteiger partial charge in [-0.05, 0) is 103 Å². The average molecular weight is 447 g/mol. The van der Waals surface area contributed by atoms with E-state index in [1.54, 1.807) is 13.8 Å². The Morgan fingerprint density at radius 1 is 1.23 bits per heavy atom. The van der Waals surface area contributed by atoms with Gasteiger partial charge in [-0.1, -0.05) is 6.07 Å². The molecule has 30 heavy (non-hydrogen) atoms. The van der Waals surface area contributed by atoms with Crippen LogP contribution in [0.3, 0.4) is 0 Å². The molecule has 162 valence electrons. The summed E-state index contributed by atoms with van der Waals surface area (Å²) in [5.41, 5.74) is 11.9. The van der Waals surface area contributed by atoms with Crippen LogP contribution in [-0.4, -0.2) is 16.5 Å². The fourth-order valence-electron chi connectivity index (χ4n) is 4.32.